The molecule has 2 rings (SSSR count). The van der Waals surface area contributed by atoms with E-state index < -0.39 is 0 Å². The molecule has 1 aliphatic carbocycles. The first-order valence-corrected chi connectivity index (χ1v) is 5.90. The third kappa shape index (κ3) is 1.90. The van der Waals surface area contributed by atoms with Gasteiger partial charge in [0.15, 0.2) is 0 Å². The molecular weight excluding hydrogens is 202 g/mol. The molecule has 1 atom stereocenters. The second-order valence-corrected chi connectivity index (χ2v) is 5.61. The Labute approximate surface area is 88.1 Å². The number of aryl methyl sites for hydroxylation is 1. The zero-order valence-electron chi connectivity index (χ0n) is 7.93. The Balaban J connectivity index is 2.17. The highest BCUT2D eigenvalue weighted by Gasteiger charge is 2.24. The van der Waals surface area contributed by atoms with Crippen LogP contribution in [0.4, 0.5) is 0 Å². The molecule has 0 aliphatic heterocycles. The maximum atomic E-state index is 5.97. The first-order chi connectivity index (χ1) is 6.16. The summed E-state index contributed by atoms with van der Waals surface area (Å²) in [4.78, 5) is 1.48. The average Bonchev–Trinajstić information content (AvgIpc) is 2.51. The summed E-state index contributed by atoms with van der Waals surface area (Å²) in [5, 5.41) is 3.56. The van der Waals surface area contributed by atoms with E-state index in [0.717, 1.165) is 4.34 Å². The summed E-state index contributed by atoms with van der Waals surface area (Å²) in [7, 11) is 0. The largest absolute Gasteiger partial charge is 0.308 e. The first-order valence-electron chi connectivity index (χ1n) is 4.71. The summed E-state index contributed by atoms with van der Waals surface area (Å²) in [5.41, 5.74) is 1.43. The lowest BCUT2D eigenvalue weighted by Crippen LogP contribution is -2.26. The minimum atomic E-state index is 0.541. The van der Waals surface area contributed by atoms with Gasteiger partial charge in [0, 0.05) is 17.0 Å². The standard InChI is InChI=1S/C10H14ClNS/c1-6(2)12-8-3-4-9-7(8)5-10(11)13-9/h5-6,8,12H,3-4H2,1-2H3. The minimum absolute atomic E-state index is 0.541. The number of rotatable bonds is 2. The van der Waals surface area contributed by atoms with E-state index in [1.807, 2.05) is 0 Å². The van der Waals surface area contributed by atoms with E-state index >= 15 is 0 Å². The Bertz CT molecular complexity index is 306. The number of hydrogen-bond donors (Lipinski definition) is 1. The van der Waals surface area contributed by atoms with Gasteiger partial charge in [-0.2, -0.15) is 0 Å². The monoisotopic (exact) mass is 215 g/mol. The van der Waals surface area contributed by atoms with Crippen LogP contribution in [0.5, 0.6) is 0 Å². The van der Waals surface area contributed by atoms with Crippen LogP contribution in [0.3, 0.4) is 0 Å². The molecule has 0 saturated heterocycles. The van der Waals surface area contributed by atoms with Gasteiger partial charge in [-0.25, -0.2) is 0 Å². The molecule has 1 aromatic heterocycles. The van der Waals surface area contributed by atoms with Crippen LogP contribution < -0.4 is 5.32 Å². The zero-order valence-corrected chi connectivity index (χ0v) is 9.50. The van der Waals surface area contributed by atoms with Gasteiger partial charge in [-0.3, -0.25) is 0 Å². The van der Waals surface area contributed by atoms with Crippen molar-refractivity contribution < 1.29 is 0 Å². The lowest BCUT2D eigenvalue weighted by Gasteiger charge is -2.15. The molecular formula is C10H14ClNS. The van der Waals surface area contributed by atoms with Gasteiger partial charge in [0.2, 0.25) is 0 Å². The maximum Gasteiger partial charge on any atom is 0.0934 e. The second-order valence-electron chi connectivity index (χ2n) is 3.84. The molecule has 1 aromatic rings. The molecule has 0 fully saturated rings. The predicted octanol–water partition coefficient (Wildman–Crippen LogP) is 3.39. The van der Waals surface area contributed by atoms with E-state index in [9.17, 15) is 0 Å². The number of nitrogens with one attached hydrogen (secondary N) is 1. The molecule has 1 heterocycles. The first kappa shape index (κ1) is 9.50. The fraction of sp³-hybridized carbons (Fsp3) is 0.600. The Hall–Kier alpha value is -0.0500. The molecule has 1 unspecified atom stereocenters. The van der Waals surface area contributed by atoms with E-state index in [0.29, 0.717) is 12.1 Å². The Kier molecular flexibility index (Phi) is 2.63. The van der Waals surface area contributed by atoms with Gasteiger partial charge in [-0.1, -0.05) is 25.4 Å². The van der Waals surface area contributed by atoms with Gasteiger partial charge >= 0.3 is 0 Å². The molecule has 13 heavy (non-hydrogen) atoms. The van der Waals surface area contributed by atoms with Crippen molar-refractivity contribution >= 4 is 22.9 Å². The molecule has 1 nitrogen and oxygen atoms in total. The fourth-order valence-corrected chi connectivity index (χ4v) is 3.26. The van der Waals surface area contributed by atoms with E-state index in [1.165, 1.54) is 23.3 Å². The van der Waals surface area contributed by atoms with Crippen LogP contribution in [0, 0.1) is 0 Å². The summed E-state index contributed by atoms with van der Waals surface area (Å²) < 4.78 is 0.931. The van der Waals surface area contributed by atoms with E-state index in [2.05, 4.69) is 25.2 Å². The highest BCUT2D eigenvalue weighted by Crippen LogP contribution is 2.39. The zero-order chi connectivity index (χ0) is 9.42. The molecule has 0 amide bonds. The lowest BCUT2D eigenvalue weighted by molar-refractivity contribution is 0.475. The van der Waals surface area contributed by atoms with Crippen molar-refractivity contribution in [2.75, 3.05) is 0 Å². The molecule has 0 saturated carbocycles. The number of hydrogen-bond acceptors (Lipinski definition) is 2. The van der Waals surface area contributed by atoms with Crippen LogP contribution in [0.1, 0.15) is 36.8 Å². The van der Waals surface area contributed by atoms with Crippen LogP contribution in [0.25, 0.3) is 0 Å². The van der Waals surface area contributed by atoms with Crippen LogP contribution in [0.15, 0.2) is 6.07 Å². The maximum absolute atomic E-state index is 5.97. The topological polar surface area (TPSA) is 12.0 Å². The van der Waals surface area contributed by atoms with Crippen molar-refractivity contribution in [1.29, 1.82) is 0 Å². The van der Waals surface area contributed by atoms with Gasteiger partial charge < -0.3 is 5.32 Å². The van der Waals surface area contributed by atoms with Gasteiger partial charge in [-0.15, -0.1) is 11.3 Å². The molecule has 0 aromatic carbocycles. The van der Waals surface area contributed by atoms with Crippen LogP contribution in [-0.2, 0) is 6.42 Å². The summed E-state index contributed by atoms with van der Waals surface area (Å²) in [6, 6.07) is 3.21. The molecule has 1 N–H and O–H groups in total. The smallest absolute Gasteiger partial charge is 0.0934 e. The van der Waals surface area contributed by atoms with E-state index in [-0.39, 0.29) is 0 Å². The average molecular weight is 216 g/mol. The molecule has 1 aliphatic rings. The van der Waals surface area contributed by atoms with Gasteiger partial charge in [-0.05, 0) is 24.5 Å². The van der Waals surface area contributed by atoms with Crippen molar-refractivity contribution in [3.8, 4) is 0 Å². The molecule has 0 radical (unpaired) electrons. The molecule has 0 bridgehead atoms. The summed E-state index contributed by atoms with van der Waals surface area (Å²) in [5.74, 6) is 0. The van der Waals surface area contributed by atoms with Crippen LogP contribution in [-0.4, -0.2) is 6.04 Å². The van der Waals surface area contributed by atoms with Crippen molar-refractivity contribution in [1.82, 2.24) is 5.32 Å². The van der Waals surface area contributed by atoms with Crippen molar-refractivity contribution in [2.45, 2.75) is 38.8 Å². The third-order valence-corrected chi connectivity index (χ3v) is 3.72. The highest BCUT2D eigenvalue weighted by atomic mass is 35.5. The lowest BCUT2D eigenvalue weighted by atomic mass is 10.1. The van der Waals surface area contributed by atoms with E-state index in [4.69, 9.17) is 11.6 Å². The molecule has 3 heteroatoms. The minimum Gasteiger partial charge on any atom is -0.308 e. The molecule has 0 spiro atoms. The Morgan fingerprint density at radius 1 is 1.62 bits per heavy atom. The van der Waals surface area contributed by atoms with Crippen molar-refractivity contribution in [3.05, 3.63) is 20.8 Å². The van der Waals surface area contributed by atoms with Crippen LogP contribution >= 0.6 is 22.9 Å². The SMILES string of the molecule is CC(C)NC1CCc2sc(Cl)cc21. The normalized spacial score (nSPS) is 21.1. The van der Waals surface area contributed by atoms with Gasteiger partial charge in [0.25, 0.3) is 0 Å². The fourth-order valence-electron chi connectivity index (χ4n) is 1.91. The number of halogens is 1. The predicted molar refractivity (Wildman–Crippen MR) is 58.7 cm³/mol. The summed E-state index contributed by atoms with van der Waals surface area (Å²) in [6.07, 6.45) is 2.42. The highest BCUT2D eigenvalue weighted by molar-refractivity contribution is 7.16. The number of thiophene rings is 1. The van der Waals surface area contributed by atoms with Gasteiger partial charge in [0.1, 0.15) is 0 Å². The third-order valence-electron chi connectivity index (χ3n) is 2.38. The second kappa shape index (κ2) is 3.60. The Morgan fingerprint density at radius 2 is 2.38 bits per heavy atom. The molecule has 72 valence electrons. The van der Waals surface area contributed by atoms with Crippen molar-refractivity contribution in [2.24, 2.45) is 0 Å². The van der Waals surface area contributed by atoms with Crippen LogP contribution in [0.2, 0.25) is 4.34 Å². The van der Waals surface area contributed by atoms with Crippen molar-refractivity contribution in [3.63, 3.8) is 0 Å². The number of fused-ring (bicyclic) bond motifs is 1. The Morgan fingerprint density at radius 3 is 3.08 bits per heavy atom. The van der Waals surface area contributed by atoms with Gasteiger partial charge in [0.05, 0.1) is 4.34 Å². The quantitative estimate of drug-likeness (QED) is 0.798. The van der Waals surface area contributed by atoms with E-state index in [1.54, 1.807) is 11.3 Å². The summed E-state index contributed by atoms with van der Waals surface area (Å²) >= 11 is 7.70. The summed E-state index contributed by atoms with van der Waals surface area (Å²) in [6.45, 7) is 4.37.